The van der Waals surface area contributed by atoms with Gasteiger partial charge in [-0.25, -0.2) is 9.97 Å². The van der Waals surface area contributed by atoms with E-state index in [0.29, 0.717) is 5.95 Å². The molecule has 4 heterocycles. The molecule has 0 atom stereocenters. The number of hydrogen-bond acceptors (Lipinski definition) is 4. The van der Waals surface area contributed by atoms with Gasteiger partial charge in [0.2, 0.25) is 5.95 Å². The fraction of sp³-hybridized carbons (Fsp3) is 0. The number of rotatable bonds is 3. The second kappa shape index (κ2) is 10.3. The third-order valence-electron chi connectivity index (χ3n) is 9.81. The van der Waals surface area contributed by atoms with Gasteiger partial charge < -0.3 is 0 Å². The summed E-state index contributed by atoms with van der Waals surface area (Å²) in [5.41, 5.74) is 7.77. The summed E-state index contributed by atoms with van der Waals surface area (Å²) in [5.74, 6) is 0.695. The molecule has 5 heteroatoms. The lowest BCUT2D eigenvalue weighted by atomic mass is 9.97. The monoisotopic (exact) mass is 659 g/mol. The van der Waals surface area contributed by atoms with Gasteiger partial charge in [-0.2, -0.15) is 0 Å². The normalized spacial score (nSPS) is 12.1. The van der Waals surface area contributed by atoms with Crippen molar-refractivity contribution in [3.63, 3.8) is 0 Å². The fourth-order valence-corrected chi connectivity index (χ4v) is 10.1. The van der Waals surface area contributed by atoms with Gasteiger partial charge in [0.1, 0.15) is 0 Å². The van der Waals surface area contributed by atoms with Crippen molar-refractivity contribution in [2.24, 2.45) is 0 Å². The summed E-state index contributed by atoms with van der Waals surface area (Å²) >= 11 is 3.64. The first-order valence-electron chi connectivity index (χ1n) is 16.4. The quantitative estimate of drug-likeness (QED) is 0.189. The van der Waals surface area contributed by atoms with Crippen LogP contribution in [0.5, 0.6) is 0 Å². The van der Waals surface area contributed by atoms with E-state index in [4.69, 9.17) is 9.97 Å². The summed E-state index contributed by atoms with van der Waals surface area (Å²) < 4.78 is 7.20. The number of nitrogens with zero attached hydrogens (tertiary/aromatic N) is 3. The van der Waals surface area contributed by atoms with Crippen LogP contribution in [0, 0.1) is 0 Å². The summed E-state index contributed by atoms with van der Waals surface area (Å²) in [5, 5.41) is 8.70. The largest absolute Gasteiger partial charge is 0.276 e. The molecule has 0 radical (unpaired) electrons. The molecule has 0 fully saturated rings. The number of thiophene rings is 2. The first-order chi connectivity index (χ1) is 24.3. The molecule has 0 spiro atoms. The number of hydrogen-bond donors (Lipinski definition) is 0. The molecule has 0 N–H and O–H groups in total. The van der Waals surface area contributed by atoms with Crippen molar-refractivity contribution < 1.29 is 0 Å². The predicted molar refractivity (Wildman–Crippen MR) is 211 cm³/mol. The van der Waals surface area contributed by atoms with Crippen LogP contribution < -0.4 is 0 Å². The van der Waals surface area contributed by atoms with E-state index in [0.717, 1.165) is 37.9 Å². The van der Waals surface area contributed by atoms with Gasteiger partial charge in [0.25, 0.3) is 0 Å². The van der Waals surface area contributed by atoms with Gasteiger partial charge in [0, 0.05) is 41.9 Å². The maximum absolute atomic E-state index is 5.47. The summed E-state index contributed by atoms with van der Waals surface area (Å²) in [6, 6.07) is 54.4. The molecular weight excluding hydrogens is 635 g/mol. The van der Waals surface area contributed by atoms with Crippen molar-refractivity contribution in [2.45, 2.75) is 0 Å². The molecule has 0 aliphatic rings. The first kappa shape index (κ1) is 27.1. The third-order valence-corrected chi connectivity index (χ3v) is 12.2. The molecule has 0 unspecified atom stereocenters. The van der Waals surface area contributed by atoms with E-state index >= 15 is 0 Å². The molecule has 0 aliphatic heterocycles. The van der Waals surface area contributed by atoms with Gasteiger partial charge in [-0.3, -0.25) is 4.57 Å². The van der Waals surface area contributed by atoms with Gasteiger partial charge in [0.15, 0.2) is 0 Å². The van der Waals surface area contributed by atoms with Crippen LogP contribution >= 0.6 is 22.7 Å². The van der Waals surface area contributed by atoms with Crippen molar-refractivity contribution in [3.8, 4) is 28.3 Å². The smallest absolute Gasteiger partial charge is 0.235 e. The van der Waals surface area contributed by atoms with Crippen LogP contribution in [0.3, 0.4) is 0 Å². The van der Waals surface area contributed by atoms with Gasteiger partial charge in [-0.05, 0) is 46.2 Å². The van der Waals surface area contributed by atoms with Gasteiger partial charge in [-0.1, -0.05) is 127 Å². The minimum absolute atomic E-state index is 0.695. The van der Waals surface area contributed by atoms with Crippen LogP contribution in [0.2, 0.25) is 0 Å². The van der Waals surface area contributed by atoms with Crippen LogP contribution in [0.25, 0.3) is 101 Å². The van der Waals surface area contributed by atoms with Crippen LogP contribution in [0.1, 0.15) is 0 Å². The van der Waals surface area contributed by atoms with Crippen molar-refractivity contribution in [1.29, 1.82) is 0 Å². The van der Waals surface area contributed by atoms with E-state index in [2.05, 4.69) is 156 Å². The molecule has 11 aromatic rings. The zero-order valence-electron chi connectivity index (χ0n) is 26.1. The van der Waals surface area contributed by atoms with Crippen molar-refractivity contribution in [3.05, 3.63) is 152 Å². The Labute approximate surface area is 289 Å². The second-order valence-electron chi connectivity index (χ2n) is 12.5. The topological polar surface area (TPSA) is 30.7 Å². The molecule has 0 aliphatic carbocycles. The molecule has 4 aromatic heterocycles. The number of fused-ring (bicyclic) bond motifs is 13. The van der Waals surface area contributed by atoms with Crippen molar-refractivity contribution in [2.75, 3.05) is 0 Å². The maximum atomic E-state index is 5.47. The van der Waals surface area contributed by atoms with E-state index in [1.54, 1.807) is 11.3 Å². The summed E-state index contributed by atoms with van der Waals surface area (Å²) in [6.07, 6.45) is 0. The highest BCUT2D eigenvalue weighted by atomic mass is 32.1. The molecular formula is C44H25N3S2. The molecule has 228 valence electrons. The summed E-state index contributed by atoms with van der Waals surface area (Å²) in [6.45, 7) is 0. The molecule has 11 rings (SSSR count). The van der Waals surface area contributed by atoms with Crippen LogP contribution in [-0.2, 0) is 0 Å². The Morgan fingerprint density at radius 3 is 1.84 bits per heavy atom. The zero-order valence-corrected chi connectivity index (χ0v) is 27.7. The molecule has 0 bridgehead atoms. The molecule has 3 nitrogen and oxygen atoms in total. The molecule has 0 saturated carbocycles. The SMILES string of the molecule is c1ccc(-c2ccc3sc4c(c3c2)c2ccccc2c2c3ccccc3n(-c3nc(-c5ccccc5)c5sc6ccccc6c5n3)c42)cc1. The highest BCUT2D eigenvalue weighted by molar-refractivity contribution is 7.27. The van der Waals surface area contributed by atoms with Crippen LogP contribution in [0.4, 0.5) is 0 Å². The Kier molecular flexibility index (Phi) is 5.70. The van der Waals surface area contributed by atoms with E-state index in [9.17, 15) is 0 Å². The average Bonchev–Trinajstić information content (AvgIpc) is 3.85. The Balaban J connectivity index is 1.34. The Morgan fingerprint density at radius 1 is 0.429 bits per heavy atom. The summed E-state index contributed by atoms with van der Waals surface area (Å²) in [4.78, 5) is 10.9. The molecule has 0 amide bonds. The van der Waals surface area contributed by atoms with Crippen molar-refractivity contribution in [1.82, 2.24) is 14.5 Å². The highest BCUT2D eigenvalue weighted by Crippen LogP contribution is 2.49. The van der Waals surface area contributed by atoms with E-state index in [-0.39, 0.29) is 0 Å². The standard InChI is InChI=1S/C44H25N3S2/c1-3-13-26(14-4-1)28-23-24-36-33(25-28)38-30-18-8-7-17-29(30)37-31-19-9-11-21-34(31)47(41(37)42(38)48-36)44-45-39(27-15-5-2-6-16-27)43-40(46-44)32-20-10-12-22-35(32)49-43/h1-25H. The third kappa shape index (κ3) is 3.88. The zero-order chi connectivity index (χ0) is 32.1. The number of aromatic nitrogens is 3. The first-order valence-corrected chi connectivity index (χ1v) is 18.1. The fourth-order valence-electron chi connectivity index (χ4n) is 7.67. The second-order valence-corrected chi connectivity index (χ2v) is 14.6. The minimum Gasteiger partial charge on any atom is -0.276 e. The lowest BCUT2D eigenvalue weighted by Gasteiger charge is -2.11. The Hall–Kier alpha value is -5.88. The molecule has 0 saturated heterocycles. The van der Waals surface area contributed by atoms with Gasteiger partial charge in [-0.15, -0.1) is 22.7 Å². The average molecular weight is 660 g/mol. The Morgan fingerprint density at radius 2 is 1.04 bits per heavy atom. The van der Waals surface area contributed by atoms with E-state index in [1.165, 1.54) is 57.5 Å². The van der Waals surface area contributed by atoms with E-state index < -0.39 is 0 Å². The molecule has 7 aromatic carbocycles. The lowest BCUT2D eigenvalue weighted by molar-refractivity contribution is 1.02. The maximum Gasteiger partial charge on any atom is 0.235 e. The highest BCUT2D eigenvalue weighted by Gasteiger charge is 2.24. The van der Waals surface area contributed by atoms with Crippen LogP contribution in [0.15, 0.2) is 152 Å². The predicted octanol–water partition coefficient (Wildman–Crippen LogP) is 12.8. The lowest BCUT2D eigenvalue weighted by Crippen LogP contribution is -2.02. The van der Waals surface area contributed by atoms with E-state index in [1.807, 2.05) is 11.3 Å². The number of para-hydroxylation sites is 1. The molecule has 49 heavy (non-hydrogen) atoms. The van der Waals surface area contributed by atoms with Crippen LogP contribution in [-0.4, -0.2) is 14.5 Å². The van der Waals surface area contributed by atoms with Gasteiger partial charge >= 0.3 is 0 Å². The summed E-state index contributed by atoms with van der Waals surface area (Å²) in [7, 11) is 0. The Bertz CT molecular complexity index is 3100. The minimum atomic E-state index is 0.695. The number of benzene rings is 7. The van der Waals surface area contributed by atoms with Crippen molar-refractivity contribution >= 4 is 95.7 Å². The van der Waals surface area contributed by atoms with Gasteiger partial charge in [0.05, 0.1) is 31.6 Å².